The number of carbonyl (C=O) groups excluding carboxylic acids is 1. The third-order valence-corrected chi connectivity index (χ3v) is 2.75. The van der Waals surface area contributed by atoms with Crippen molar-refractivity contribution in [1.82, 2.24) is 5.32 Å². The number of hydrogen-bond acceptors (Lipinski definition) is 3. The predicted molar refractivity (Wildman–Crippen MR) is 75.5 cm³/mol. The van der Waals surface area contributed by atoms with Crippen LogP contribution >= 0.6 is 0 Å². The molecular formula is C15H23NO3. The van der Waals surface area contributed by atoms with Crippen LogP contribution in [0.5, 0.6) is 5.75 Å². The Morgan fingerprint density at radius 2 is 1.95 bits per heavy atom. The molecular weight excluding hydrogens is 242 g/mol. The second-order valence-electron chi connectivity index (χ2n) is 4.41. The molecule has 0 heterocycles. The minimum absolute atomic E-state index is 0.0851. The number of ether oxygens (including phenoxy) is 1. The van der Waals surface area contributed by atoms with Crippen molar-refractivity contribution in [3.05, 3.63) is 29.8 Å². The van der Waals surface area contributed by atoms with Crippen LogP contribution in [0.3, 0.4) is 0 Å². The zero-order valence-corrected chi connectivity index (χ0v) is 11.5. The van der Waals surface area contributed by atoms with E-state index in [0.717, 1.165) is 25.0 Å². The van der Waals surface area contributed by atoms with Crippen molar-refractivity contribution in [3.63, 3.8) is 0 Å². The fourth-order valence-electron chi connectivity index (χ4n) is 1.58. The van der Waals surface area contributed by atoms with E-state index in [-0.39, 0.29) is 12.5 Å². The molecule has 0 atom stereocenters. The van der Waals surface area contributed by atoms with E-state index in [1.165, 1.54) is 0 Å². The molecule has 0 aliphatic carbocycles. The molecule has 0 saturated heterocycles. The van der Waals surface area contributed by atoms with Gasteiger partial charge in [0.2, 0.25) is 0 Å². The van der Waals surface area contributed by atoms with Crippen LogP contribution in [0.1, 0.15) is 43.0 Å². The van der Waals surface area contributed by atoms with E-state index in [4.69, 9.17) is 9.84 Å². The maximum Gasteiger partial charge on any atom is 0.251 e. The molecule has 0 radical (unpaired) electrons. The lowest BCUT2D eigenvalue weighted by molar-refractivity contribution is 0.0952. The van der Waals surface area contributed by atoms with Crippen molar-refractivity contribution >= 4 is 5.91 Å². The number of nitrogens with one attached hydrogen (secondary N) is 1. The predicted octanol–water partition coefficient (Wildman–Crippen LogP) is 2.37. The molecule has 19 heavy (non-hydrogen) atoms. The van der Waals surface area contributed by atoms with Crippen LogP contribution in [0.2, 0.25) is 0 Å². The lowest BCUT2D eigenvalue weighted by atomic mass is 10.2. The molecule has 1 aromatic carbocycles. The van der Waals surface area contributed by atoms with Gasteiger partial charge in [-0.15, -0.1) is 0 Å². The van der Waals surface area contributed by atoms with Crippen LogP contribution in [0.25, 0.3) is 0 Å². The number of rotatable bonds is 9. The number of amides is 1. The van der Waals surface area contributed by atoms with Crippen LogP contribution in [-0.2, 0) is 0 Å². The minimum Gasteiger partial charge on any atom is -0.494 e. The summed E-state index contributed by atoms with van der Waals surface area (Å²) in [6.45, 7) is 3.59. The molecule has 0 aliphatic heterocycles. The number of unbranched alkanes of at least 4 members (excludes halogenated alkanes) is 2. The summed E-state index contributed by atoms with van der Waals surface area (Å²) in [5, 5.41) is 11.5. The van der Waals surface area contributed by atoms with E-state index in [0.29, 0.717) is 25.1 Å². The maximum absolute atomic E-state index is 11.8. The summed E-state index contributed by atoms with van der Waals surface area (Å²) in [7, 11) is 0. The minimum atomic E-state index is -0.0851. The lowest BCUT2D eigenvalue weighted by Gasteiger charge is -2.07. The number of aliphatic hydroxyl groups is 1. The molecule has 1 rings (SSSR count). The average Bonchev–Trinajstić information content (AvgIpc) is 2.44. The second kappa shape index (κ2) is 9.39. The zero-order valence-electron chi connectivity index (χ0n) is 11.5. The first-order valence-electron chi connectivity index (χ1n) is 6.90. The first kappa shape index (κ1) is 15.5. The van der Waals surface area contributed by atoms with Crippen molar-refractivity contribution in [2.45, 2.75) is 32.6 Å². The van der Waals surface area contributed by atoms with Crippen molar-refractivity contribution in [2.75, 3.05) is 19.8 Å². The van der Waals surface area contributed by atoms with Crippen molar-refractivity contribution in [1.29, 1.82) is 0 Å². The summed E-state index contributed by atoms with van der Waals surface area (Å²) in [6.07, 6.45) is 3.65. The highest BCUT2D eigenvalue weighted by Gasteiger charge is 2.04. The fraction of sp³-hybridized carbons (Fsp3) is 0.533. The normalized spacial score (nSPS) is 10.2. The second-order valence-corrected chi connectivity index (χ2v) is 4.41. The number of carbonyl (C=O) groups is 1. The maximum atomic E-state index is 11.8. The summed E-state index contributed by atoms with van der Waals surface area (Å²) < 4.78 is 5.53. The molecule has 2 N–H and O–H groups in total. The van der Waals surface area contributed by atoms with Gasteiger partial charge in [-0.3, -0.25) is 4.79 Å². The van der Waals surface area contributed by atoms with Crippen LogP contribution in [0.15, 0.2) is 24.3 Å². The molecule has 0 aromatic heterocycles. The highest BCUT2D eigenvalue weighted by atomic mass is 16.5. The van der Waals surface area contributed by atoms with Gasteiger partial charge >= 0.3 is 0 Å². The van der Waals surface area contributed by atoms with Gasteiger partial charge in [-0.05, 0) is 43.5 Å². The Morgan fingerprint density at radius 3 is 2.58 bits per heavy atom. The third-order valence-electron chi connectivity index (χ3n) is 2.75. The summed E-state index contributed by atoms with van der Waals surface area (Å²) in [4.78, 5) is 11.8. The van der Waals surface area contributed by atoms with Gasteiger partial charge in [0.25, 0.3) is 5.91 Å². The molecule has 4 nitrogen and oxygen atoms in total. The van der Waals surface area contributed by atoms with Crippen LogP contribution in [0.4, 0.5) is 0 Å². The van der Waals surface area contributed by atoms with E-state index in [1.54, 1.807) is 12.1 Å². The fourth-order valence-corrected chi connectivity index (χ4v) is 1.58. The molecule has 0 saturated carbocycles. The Bertz CT molecular complexity index is 362. The molecule has 1 aromatic rings. The first-order valence-corrected chi connectivity index (χ1v) is 6.90. The quantitative estimate of drug-likeness (QED) is 0.674. The number of benzene rings is 1. The zero-order chi connectivity index (χ0) is 13.9. The molecule has 4 heteroatoms. The van der Waals surface area contributed by atoms with Gasteiger partial charge in [-0.25, -0.2) is 0 Å². The Labute approximate surface area is 114 Å². The smallest absolute Gasteiger partial charge is 0.251 e. The van der Waals surface area contributed by atoms with Gasteiger partial charge in [-0.1, -0.05) is 13.3 Å². The van der Waals surface area contributed by atoms with Gasteiger partial charge in [0.1, 0.15) is 5.75 Å². The topological polar surface area (TPSA) is 58.6 Å². The Balaban J connectivity index is 2.35. The Morgan fingerprint density at radius 1 is 1.21 bits per heavy atom. The van der Waals surface area contributed by atoms with Gasteiger partial charge in [0.15, 0.2) is 0 Å². The van der Waals surface area contributed by atoms with Crippen LogP contribution in [-0.4, -0.2) is 30.8 Å². The van der Waals surface area contributed by atoms with Crippen molar-refractivity contribution in [3.8, 4) is 5.75 Å². The SMILES string of the molecule is CCCCOc1ccc(C(=O)NCCCCO)cc1. The summed E-state index contributed by atoms with van der Waals surface area (Å²) >= 11 is 0. The molecule has 0 bridgehead atoms. The third kappa shape index (κ3) is 6.25. The van der Waals surface area contributed by atoms with E-state index in [9.17, 15) is 4.79 Å². The van der Waals surface area contributed by atoms with Crippen molar-refractivity contribution in [2.24, 2.45) is 0 Å². The van der Waals surface area contributed by atoms with Gasteiger partial charge in [-0.2, -0.15) is 0 Å². The monoisotopic (exact) mass is 265 g/mol. The van der Waals surface area contributed by atoms with E-state index in [2.05, 4.69) is 12.2 Å². The number of aliphatic hydroxyl groups excluding tert-OH is 1. The molecule has 1 amide bonds. The van der Waals surface area contributed by atoms with Crippen LogP contribution in [0, 0.1) is 0 Å². The highest BCUT2D eigenvalue weighted by Crippen LogP contribution is 2.12. The first-order chi connectivity index (χ1) is 9.27. The van der Waals surface area contributed by atoms with E-state index >= 15 is 0 Å². The molecule has 0 unspecified atom stereocenters. The van der Waals surface area contributed by atoms with Gasteiger partial charge < -0.3 is 15.2 Å². The average molecular weight is 265 g/mol. The summed E-state index contributed by atoms with van der Waals surface area (Å²) in [5.74, 6) is 0.711. The highest BCUT2D eigenvalue weighted by molar-refractivity contribution is 5.94. The Kier molecular flexibility index (Phi) is 7.66. The summed E-state index contributed by atoms with van der Waals surface area (Å²) in [5.41, 5.74) is 0.631. The molecule has 0 fully saturated rings. The molecule has 0 spiro atoms. The Hall–Kier alpha value is -1.55. The van der Waals surface area contributed by atoms with E-state index in [1.807, 2.05) is 12.1 Å². The largest absolute Gasteiger partial charge is 0.494 e. The van der Waals surface area contributed by atoms with Gasteiger partial charge in [0, 0.05) is 18.7 Å². The van der Waals surface area contributed by atoms with Gasteiger partial charge in [0.05, 0.1) is 6.61 Å². The van der Waals surface area contributed by atoms with Crippen LogP contribution < -0.4 is 10.1 Å². The van der Waals surface area contributed by atoms with Crippen molar-refractivity contribution < 1.29 is 14.6 Å². The lowest BCUT2D eigenvalue weighted by Crippen LogP contribution is -2.24. The van der Waals surface area contributed by atoms with E-state index < -0.39 is 0 Å². The standard InChI is InChI=1S/C15H23NO3/c1-2-3-12-19-14-8-6-13(7-9-14)15(18)16-10-4-5-11-17/h6-9,17H,2-5,10-12H2,1H3,(H,16,18). The molecule has 106 valence electrons. The summed E-state index contributed by atoms with van der Waals surface area (Å²) in [6, 6.07) is 7.17. The number of hydrogen-bond donors (Lipinski definition) is 2. The molecule has 0 aliphatic rings.